The minimum absolute atomic E-state index is 0.170. The molecule has 0 bridgehead atoms. The Morgan fingerprint density at radius 1 is 1.33 bits per heavy atom. The van der Waals surface area contributed by atoms with Crippen molar-refractivity contribution >= 4 is 28.6 Å². The Labute approximate surface area is 123 Å². The van der Waals surface area contributed by atoms with Crippen LogP contribution < -0.4 is 11.1 Å². The van der Waals surface area contributed by atoms with Crippen molar-refractivity contribution in [3.8, 4) is 0 Å². The fraction of sp³-hybridized carbons (Fsp3) is 0.400. The highest BCUT2D eigenvalue weighted by Crippen LogP contribution is 2.24. The molecule has 0 aliphatic heterocycles. The lowest BCUT2D eigenvalue weighted by atomic mass is 9.92. The standard InChI is InChI=1S/C15H20N4O2/c1-15(2,3)6-7-17-12-10-8-9(13(20)21)4-5-11(10)18-14(16)19-12/h4-5,8H,6-7H2,1-3H3,(H,20,21)(H3,16,17,18,19). The van der Waals surface area contributed by atoms with Gasteiger partial charge in [-0.05, 0) is 30.0 Å². The summed E-state index contributed by atoms with van der Waals surface area (Å²) in [5.41, 5.74) is 6.74. The van der Waals surface area contributed by atoms with Gasteiger partial charge in [0.2, 0.25) is 5.95 Å². The second-order valence-electron chi connectivity index (χ2n) is 6.20. The number of nitrogen functional groups attached to an aromatic ring is 1. The zero-order valence-electron chi connectivity index (χ0n) is 12.5. The summed E-state index contributed by atoms with van der Waals surface area (Å²) in [6, 6.07) is 4.72. The van der Waals surface area contributed by atoms with Gasteiger partial charge < -0.3 is 16.2 Å². The first-order valence-electron chi connectivity index (χ1n) is 6.81. The maximum absolute atomic E-state index is 11.1. The lowest BCUT2D eigenvalue weighted by Gasteiger charge is -2.18. The monoisotopic (exact) mass is 288 g/mol. The van der Waals surface area contributed by atoms with Crippen LogP contribution in [0.25, 0.3) is 10.9 Å². The molecule has 0 amide bonds. The van der Waals surface area contributed by atoms with Crippen LogP contribution in [0.3, 0.4) is 0 Å². The van der Waals surface area contributed by atoms with Crippen LogP contribution in [0.15, 0.2) is 18.2 Å². The van der Waals surface area contributed by atoms with E-state index in [0.717, 1.165) is 13.0 Å². The zero-order valence-corrected chi connectivity index (χ0v) is 12.5. The number of aromatic nitrogens is 2. The molecule has 6 nitrogen and oxygen atoms in total. The van der Waals surface area contributed by atoms with Crippen LogP contribution in [0.5, 0.6) is 0 Å². The molecule has 112 valence electrons. The molecule has 0 aliphatic carbocycles. The Bertz CT molecular complexity index is 677. The van der Waals surface area contributed by atoms with E-state index in [1.165, 1.54) is 6.07 Å². The summed E-state index contributed by atoms with van der Waals surface area (Å²) in [5.74, 6) is -0.233. The third kappa shape index (κ3) is 3.81. The first kappa shape index (κ1) is 15.0. The summed E-state index contributed by atoms with van der Waals surface area (Å²) in [5, 5.41) is 13.0. The Morgan fingerprint density at radius 2 is 2.05 bits per heavy atom. The smallest absolute Gasteiger partial charge is 0.335 e. The molecule has 0 aliphatic rings. The van der Waals surface area contributed by atoms with Crippen LogP contribution in [-0.4, -0.2) is 27.6 Å². The van der Waals surface area contributed by atoms with Gasteiger partial charge in [-0.15, -0.1) is 0 Å². The van der Waals surface area contributed by atoms with Gasteiger partial charge in [0.25, 0.3) is 0 Å². The molecule has 2 aromatic rings. The number of rotatable bonds is 4. The molecule has 6 heteroatoms. The average Bonchev–Trinajstić information content (AvgIpc) is 2.36. The number of nitrogens with two attached hydrogens (primary N) is 1. The average molecular weight is 288 g/mol. The van der Waals surface area contributed by atoms with Gasteiger partial charge in [0.05, 0.1) is 11.1 Å². The van der Waals surface area contributed by atoms with Crippen molar-refractivity contribution in [3.63, 3.8) is 0 Å². The molecule has 0 radical (unpaired) electrons. The third-order valence-corrected chi connectivity index (χ3v) is 3.13. The van der Waals surface area contributed by atoms with Crippen molar-refractivity contribution < 1.29 is 9.90 Å². The highest BCUT2D eigenvalue weighted by atomic mass is 16.4. The Kier molecular flexibility index (Phi) is 3.97. The number of carboxylic acid groups (broad SMARTS) is 1. The molecule has 1 aromatic heterocycles. The van der Waals surface area contributed by atoms with Crippen molar-refractivity contribution in [2.24, 2.45) is 5.41 Å². The minimum Gasteiger partial charge on any atom is -0.478 e. The number of nitrogens with zero attached hydrogens (tertiary/aromatic N) is 2. The zero-order chi connectivity index (χ0) is 15.6. The van der Waals surface area contributed by atoms with E-state index in [9.17, 15) is 4.79 Å². The number of hydrogen-bond donors (Lipinski definition) is 3. The van der Waals surface area contributed by atoms with Gasteiger partial charge in [0.15, 0.2) is 0 Å². The molecule has 0 unspecified atom stereocenters. The first-order valence-corrected chi connectivity index (χ1v) is 6.81. The fourth-order valence-corrected chi connectivity index (χ4v) is 1.97. The maximum atomic E-state index is 11.1. The number of carboxylic acids is 1. The molecule has 0 saturated heterocycles. The summed E-state index contributed by atoms with van der Waals surface area (Å²) in [7, 11) is 0. The van der Waals surface area contributed by atoms with Crippen LogP contribution in [0, 0.1) is 5.41 Å². The second-order valence-corrected chi connectivity index (χ2v) is 6.20. The Hall–Kier alpha value is -2.37. The van der Waals surface area contributed by atoms with Crippen molar-refractivity contribution in [3.05, 3.63) is 23.8 Å². The molecular formula is C15H20N4O2. The maximum Gasteiger partial charge on any atom is 0.335 e. The molecule has 4 N–H and O–H groups in total. The van der Waals surface area contributed by atoms with Crippen molar-refractivity contribution in [2.75, 3.05) is 17.6 Å². The summed E-state index contributed by atoms with van der Waals surface area (Å²) in [4.78, 5) is 19.4. The van der Waals surface area contributed by atoms with Crippen LogP contribution in [-0.2, 0) is 0 Å². The van der Waals surface area contributed by atoms with Crippen LogP contribution in [0.1, 0.15) is 37.6 Å². The summed E-state index contributed by atoms with van der Waals surface area (Å²) < 4.78 is 0. The number of anilines is 2. The van der Waals surface area contributed by atoms with E-state index in [0.29, 0.717) is 16.7 Å². The summed E-state index contributed by atoms with van der Waals surface area (Å²) >= 11 is 0. The van der Waals surface area contributed by atoms with Gasteiger partial charge in [-0.1, -0.05) is 20.8 Å². The van der Waals surface area contributed by atoms with Gasteiger partial charge >= 0.3 is 5.97 Å². The molecular weight excluding hydrogens is 268 g/mol. The van der Waals surface area contributed by atoms with Gasteiger partial charge in [-0.25, -0.2) is 9.78 Å². The minimum atomic E-state index is -0.977. The number of aromatic carboxylic acids is 1. The number of benzene rings is 1. The van der Waals surface area contributed by atoms with E-state index < -0.39 is 5.97 Å². The predicted molar refractivity (Wildman–Crippen MR) is 83.5 cm³/mol. The number of carbonyl (C=O) groups is 1. The van der Waals surface area contributed by atoms with Gasteiger partial charge in [-0.3, -0.25) is 0 Å². The van der Waals surface area contributed by atoms with Crippen LogP contribution >= 0.6 is 0 Å². The van der Waals surface area contributed by atoms with Crippen molar-refractivity contribution in [1.82, 2.24) is 9.97 Å². The van der Waals surface area contributed by atoms with E-state index in [4.69, 9.17) is 10.8 Å². The number of hydrogen-bond acceptors (Lipinski definition) is 5. The molecule has 2 rings (SSSR count). The Morgan fingerprint density at radius 3 is 2.67 bits per heavy atom. The van der Waals surface area contributed by atoms with E-state index in [2.05, 4.69) is 36.1 Å². The van der Waals surface area contributed by atoms with Gasteiger partial charge in [0, 0.05) is 11.9 Å². The Balaban J connectivity index is 2.36. The van der Waals surface area contributed by atoms with Crippen molar-refractivity contribution in [2.45, 2.75) is 27.2 Å². The second kappa shape index (κ2) is 5.55. The van der Waals surface area contributed by atoms with Crippen molar-refractivity contribution in [1.29, 1.82) is 0 Å². The third-order valence-electron chi connectivity index (χ3n) is 3.13. The molecule has 0 fully saturated rings. The van der Waals surface area contributed by atoms with E-state index in [1.54, 1.807) is 12.1 Å². The number of fused-ring (bicyclic) bond motifs is 1. The summed E-state index contributed by atoms with van der Waals surface area (Å²) in [6.07, 6.45) is 0.955. The highest BCUT2D eigenvalue weighted by molar-refractivity contribution is 5.97. The van der Waals surface area contributed by atoms with Crippen LogP contribution in [0.2, 0.25) is 0 Å². The highest BCUT2D eigenvalue weighted by Gasteiger charge is 2.12. The first-order chi connectivity index (χ1) is 9.76. The lowest BCUT2D eigenvalue weighted by molar-refractivity contribution is 0.0697. The molecule has 0 spiro atoms. The SMILES string of the molecule is CC(C)(C)CCNc1nc(N)nc2ccc(C(=O)O)cc12. The molecule has 1 heterocycles. The van der Waals surface area contributed by atoms with E-state index in [-0.39, 0.29) is 16.9 Å². The van der Waals surface area contributed by atoms with Gasteiger partial charge in [-0.2, -0.15) is 4.98 Å². The molecule has 0 atom stereocenters. The van der Waals surface area contributed by atoms with Gasteiger partial charge in [0.1, 0.15) is 5.82 Å². The lowest BCUT2D eigenvalue weighted by Crippen LogP contribution is -2.14. The predicted octanol–water partition coefficient (Wildman–Crippen LogP) is 2.76. The number of nitrogens with one attached hydrogen (secondary N) is 1. The topological polar surface area (TPSA) is 101 Å². The quantitative estimate of drug-likeness (QED) is 0.799. The fourth-order valence-electron chi connectivity index (χ4n) is 1.97. The van der Waals surface area contributed by atoms with E-state index in [1.807, 2.05) is 0 Å². The molecule has 0 saturated carbocycles. The molecule has 21 heavy (non-hydrogen) atoms. The summed E-state index contributed by atoms with van der Waals surface area (Å²) in [6.45, 7) is 7.20. The van der Waals surface area contributed by atoms with E-state index >= 15 is 0 Å². The largest absolute Gasteiger partial charge is 0.478 e. The molecule has 1 aromatic carbocycles. The van der Waals surface area contributed by atoms with Crippen LogP contribution in [0.4, 0.5) is 11.8 Å². The normalized spacial score (nSPS) is 11.6.